The van der Waals surface area contributed by atoms with Crippen LogP contribution in [-0.2, 0) is 17.9 Å². The van der Waals surface area contributed by atoms with Gasteiger partial charge in [0.25, 0.3) is 5.91 Å². The molecular formula is C22H15FN2O5S2. The Hall–Kier alpha value is -3.50. The molecule has 1 amide bonds. The van der Waals surface area contributed by atoms with Gasteiger partial charge in [-0.05, 0) is 23.8 Å². The molecular weight excluding hydrogens is 455 g/mol. The molecule has 1 aromatic heterocycles. The number of benzene rings is 2. The number of hydrogen-bond acceptors (Lipinski definition) is 7. The second-order valence-electron chi connectivity index (χ2n) is 6.72. The third-order valence-corrected chi connectivity index (χ3v) is 5.88. The number of nitro benzene ring substituents is 1. The minimum atomic E-state index is -0.653. The lowest BCUT2D eigenvalue weighted by atomic mass is 10.2. The highest BCUT2D eigenvalue weighted by Gasteiger charge is 2.32. The van der Waals surface area contributed by atoms with E-state index in [1.54, 1.807) is 18.2 Å². The Labute approximate surface area is 191 Å². The first kappa shape index (κ1) is 21.7. The van der Waals surface area contributed by atoms with Crippen LogP contribution in [0.4, 0.5) is 10.1 Å². The SMILES string of the molecule is O=C1C(=Cc2ccc(COc3cc(F)ccc3[N+](=O)[O-])o2)SC(=S)N1Cc1ccccc1. The first-order valence-corrected chi connectivity index (χ1v) is 10.6. The molecule has 2 heterocycles. The van der Waals surface area contributed by atoms with Gasteiger partial charge in [-0.3, -0.25) is 19.8 Å². The molecule has 1 aliphatic rings. The second kappa shape index (κ2) is 9.33. The Morgan fingerprint density at radius 1 is 1.19 bits per heavy atom. The summed E-state index contributed by atoms with van der Waals surface area (Å²) in [4.78, 5) is 25.1. The van der Waals surface area contributed by atoms with E-state index in [1.807, 2.05) is 30.3 Å². The Kier molecular flexibility index (Phi) is 6.33. The molecule has 0 unspecified atom stereocenters. The topological polar surface area (TPSA) is 85.8 Å². The van der Waals surface area contributed by atoms with E-state index in [0.29, 0.717) is 27.3 Å². The Balaban J connectivity index is 1.44. The van der Waals surface area contributed by atoms with Crippen molar-refractivity contribution in [1.29, 1.82) is 0 Å². The average molecular weight is 471 g/mol. The predicted octanol–water partition coefficient (Wildman–Crippen LogP) is 5.31. The molecule has 0 atom stereocenters. The maximum absolute atomic E-state index is 13.4. The summed E-state index contributed by atoms with van der Waals surface area (Å²) in [5.74, 6) is -0.307. The summed E-state index contributed by atoms with van der Waals surface area (Å²) in [6.07, 6.45) is 1.58. The first-order valence-electron chi connectivity index (χ1n) is 9.35. The lowest BCUT2D eigenvalue weighted by Crippen LogP contribution is -2.27. The molecule has 0 N–H and O–H groups in total. The quantitative estimate of drug-likeness (QED) is 0.200. The molecule has 10 heteroatoms. The van der Waals surface area contributed by atoms with Gasteiger partial charge in [0.2, 0.25) is 0 Å². The second-order valence-corrected chi connectivity index (χ2v) is 8.39. The minimum Gasteiger partial charge on any atom is -0.479 e. The Morgan fingerprint density at radius 3 is 2.72 bits per heavy atom. The number of rotatable bonds is 7. The van der Waals surface area contributed by atoms with E-state index < -0.39 is 10.7 Å². The molecule has 0 radical (unpaired) electrons. The van der Waals surface area contributed by atoms with Crippen molar-refractivity contribution in [3.63, 3.8) is 0 Å². The maximum Gasteiger partial charge on any atom is 0.311 e. The van der Waals surface area contributed by atoms with Gasteiger partial charge in [-0.1, -0.05) is 54.3 Å². The van der Waals surface area contributed by atoms with Crippen LogP contribution in [0.5, 0.6) is 5.75 Å². The van der Waals surface area contributed by atoms with Gasteiger partial charge in [0.05, 0.1) is 16.4 Å². The summed E-state index contributed by atoms with van der Waals surface area (Å²) in [7, 11) is 0. The molecule has 1 fully saturated rings. The van der Waals surface area contributed by atoms with E-state index in [1.165, 1.54) is 16.7 Å². The average Bonchev–Trinajstić information content (AvgIpc) is 3.32. The van der Waals surface area contributed by atoms with E-state index in [2.05, 4.69) is 0 Å². The number of halogens is 1. The Bertz CT molecular complexity index is 1230. The van der Waals surface area contributed by atoms with Crippen molar-refractivity contribution < 1.29 is 23.3 Å². The van der Waals surface area contributed by atoms with Crippen LogP contribution in [-0.4, -0.2) is 20.1 Å². The van der Waals surface area contributed by atoms with Crippen molar-refractivity contribution in [3.05, 3.63) is 98.6 Å². The summed E-state index contributed by atoms with van der Waals surface area (Å²) >= 11 is 6.53. The van der Waals surface area contributed by atoms with Crippen molar-refractivity contribution in [2.75, 3.05) is 0 Å². The molecule has 1 saturated heterocycles. The monoisotopic (exact) mass is 470 g/mol. The number of furan rings is 1. The summed E-state index contributed by atoms with van der Waals surface area (Å²) in [6, 6.07) is 15.8. The fourth-order valence-electron chi connectivity index (χ4n) is 2.98. The van der Waals surface area contributed by atoms with Crippen molar-refractivity contribution in [2.24, 2.45) is 0 Å². The van der Waals surface area contributed by atoms with Crippen molar-refractivity contribution >= 4 is 46.0 Å². The first-order chi connectivity index (χ1) is 15.4. The highest BCUT2D eigenvalue weighted by Crippen LogP contribution is 2.34. The van der Waals surface area contributed by atoms with Gasteiger partial charge in [-0.15, -0.1) is 0 Å². The third-order valence-electron chi connectivity index (χ3n) is 4.50. The standard InChI is InChI=1S/C22H15FN2O5S2/c23-15-6-9-18(25(27)28)19(10-15)29-13-17-8-7-16(30-17)11-20-21(26)24(22(31)32-20)12-14-4-2-1-3-5-14/h1-11H,12-13H2. The van der Waals surface area contributed by atoms with Gasteiger partial charge < -0.3 is 9.15 Å². The molecule has 162 valence electrons. The van der Waals surface area contributed by atoms with E-state index in [-0.39, 0.29) is 24.0 Å². The fraction of sp³-hybridized carbons (Fsp3) is 0.0909. The molecule has 7 nitrogen and oxygen atoms in total. The Morgan fingerprint density at radius 2 is 1.97 bits per heavy atom. The molecule has 0 saturated carbocycles. The van der Waals surface area contributed by atoms with Gasteiger partial charge in [0, 0.05) is 18.2 Å². The summed E-state index contributed by atoms with van der Waals surface area (Å²) in [5.41, 5.74) is 0.620. The van der Waals surface area contributed by atoms with Crippen LogP contribution in [0.2, 0.25) is 0 Å². The zero-order chi connectivity index (χ0) is 22.7. The number of nitro groups is 1. The highest BCUT2D eigenvalue weighted by molar-refractivity contribution is 8.26. The van der Waals surface area contributed by atoms with Crippen LogP contribution in [0.3, 0.4) is 0 Å². The minimum absolute atomic E-state index is 0.146. The molecule has 3 aromatic rings. The molecule has 2 aromatic carbocycles. The maximum atomic E-state index is 13.4. The predicted molar refractivity (Wildman–Crippen MR) is 121 cm³/mol. The van der Waals surface area contributed by atoms with Crippen LogP contribution in [0, 0.1) is 15.9 Å². The molecule has 0 spiro atoms. The fourth-order valence-corrected chi connectivity index (χ4v) is 4.22. The number of thiocarbonyl (C=S) groups is 1. The van der Waals surface area contributed by atoms with Gasteiger partial charge in [0.1, 0.15) is 28.3 Å². The molecule has 0 bridgehead atoms. The summed E-state index contributed by atoms with van der Waals surface area (Å²) < 4.78 is 24.9. The van der Waals surface area contributed by atoms with Crippen LogP contribution in [0.25, 0.3) is 6.08 Å². The van der Waals surface area contributed by atoms with Gasteiger partial charge in [-0.2, -0.15) is 0 Å². The van der Waals surface area contributed by atoms with Gasteiger partial charge in [0.15, 0.2) is 5.75 Å². The number of hydrogen-bond donors (Lipinski definition) is 0. The number of thioether (sulfide) groups is 1. The van der Waals surface area contributed by atoms with E-state index >= 15 is 0 Å². The number of nitrogens with zero attached hydrogens (tertiary/aromatic N) is 2. The van der Waals surface area contributed by atoms with Crippen LogP contribution in [0.15, 0.2) is 70.0 Å². The third kappa shape index (κ3) is 4.87. The van der Waals surface area contributed by atoms with Crippen molar-refractivity contribution in [2.45, 2.75) is 13.2 Å². The molecule has 0 aliphatic carbocycles. The molecule has 4 rings (SSSR count). The number of ether oxygens (including phenoxy) is 1. The van der Waals surface area contributed by atoms with Gasteiger partial charge >= 0.3 is 5.69 Å². The van der Waals surface area contributed by atoms with Crippen molar-refractivity contribution in [1.82, 2.24) is 4.90 Å². The normalized spacial score (nSPS) is 14.9. The number of carbonyl (C=O) groups is 1. The molecule has 1 aliphatic heterocycles. The summed E-state index contributed by atoms with van der Waals surface area (Å²) in [6.45, 7) is 0.236. The van der Waals surface area contributed by atoms with Gasteiger partial charge in [-0.25, -0.2) is 4.39 Å². The zero-order valence-corrected chi connectivity index (χ0v) is 18.0. The van der Waals surface area contributed by atoms with E-state index in [4.69, 9.17) is 21.4 Å². The largest absolute Gasteiger partial charge is 0.479 e. The van der Waals surface area contributed by atoms with Crippen LogP contribution >= 0.6 is 24.0 Å². The van der Waals surface area contributed by atoms with Crippen LogP contribution in [0.1, 0.15) is 17.1 Å². The summed E-state index contributed by atoms with van der Waals surface area (Å²) in [5, 5.41) is 11.1. The smallest absolute Gasteiger partial charge is 0.311 e. The zero-order valence-electron chi connectivity index (χ0n) is 16.4. The van der Waals surface area contributed by atoms with E-state index in [0.717, 1.165) is 23.8 Å². The molecule has 32 heavy (non-hydrogen) atoms. The highest BCUT2D eigenvalue weighted by atomic mass is 32.2. The number of carbonyl (C=O) groups excluding carboxylic acids is 1. The lowest BCUT2D eigenvalue weighted by molar-refractivity contribution is -0.386. The van der Waals surface area contributed by atoms with E-state index in [9.17, 15) is 19.3 Å². The van der Waals surface area contributed by atoms with Crippen molar-refractivity contribution in [3.8, 4) is 5.75 Å². The van der Waals surface area contributed by atoms with Crippen LogP contribution < -0.4 is 4.74 Å². The lowest BCUT2D eigenvalue weighted by Gasteiger charge is -2.14. The number of amides is 1.